The van der Waals surface area contributed by atoms with Crippen LogP contribution in [0.4, 0.5) is 42.0 Å². The molecule has 1 unspecified atom stereocenters. The SMILES string of the molecule is COc1cc(C(=O)N[C@H]2CCN(C(=O)CCCCN3CCN(c4cccc5c4C(=O)N(C4CCC(=O)NC4=O)C5=O)CC3)C2)c(F)cc1Nc1ncc2c(n1)N(C1CCCC1)CC(F)(F)C(=O)N2C. The molecule has 22 heteroatoms. The summed E-state index contributed by atoms with van der Waals surface area (Å²) in [6, 6.07) is 5.72. The predicted molar refractivity (Wildman–Crippen MR) is 244 cm³/mol. The first-order chi connectivity index (χ1) is 33.1. The summed E-state index contributed by atoms with van der Waals surface area (Å²) in [5.74, 6) is -8.59. The molecule has 5 aliphatic heterocycles. The highest BCUT2D eigenvalue weighted by molar-refractivity contribution is 6.25. The molecular weight excluding hydrogens is 904 g/mol. The van der Waals surface area contributed by atoms with Crippen LogP contribution in [0.15, 0.2) is 36.5 Å². The van der Waals surface area contributed by atoms with Crippen LogP contribution < -0.4 is 35.4 Å². The molecule has 6 aliphatic rings. The highest BCUT2D eigenvalue weighted by Crippen LogP contribution is 2.41. The van der Waals surface area contributed by atoms with Crippen LogP contribution in [-0.4, -0.2) is 157 Å². The number of likely N-dealkylation sites (tertiary alicyclic amines) is 1. The number of hydrogen-bond donors (Lipinski definition) is 3. The summed E-state index contributed by atoms with van der Waals surface area (Å²) in [5, 5.41) is 7.97. The molecule has 366 valence electrons. The van der Waals surface area contributed by atoms with Crippen molar-refractivity contribution in [3.8, 4) is 5.75 Å². The molecule has 9 rings (SSSR count). The number of amides is 7. The molecule has 3 saturated heterocycles. The summed E-state index contributed by atoms with van der Waals surface area (Å²) in [6.07, 6.45) is 6.68. The van der Waals surface area contributed by atoms with Gasteiger partial charge in [-0.2, -0.15) is 13.8 Å². The van der Waals surface area contributed by atoms with E-state index in [0.717, 1.165) is 41.7 Å². The number of alkyl halides is 2. The third-order valence-electron chi connectivity index (χ3n) is 14.1. The van der Waals surface area contributed by atoms with Crippen molar-refractivity contribution >= 4 is 70.2 Å². The Labute approximate surface area is 395 Å². The van der Waals surface area contributed by atoms with Crippen molar-refractivity contribution < 1.29 is 51.5 Å². The zero-order chi connectivity index (χ0) is 48.7. The van der Waals surface area contributed by atoms with Crippen LogP contribution in [0, 0.1) is 5.82 Å². The number of carbonyl (C=O) groups is 7. The highest BCUT2D eigenvalue weighted by Gasteiger charge is 2.49. The third kappa shape index (κ3) is 9.37. The molecule has 0 radical (unpaired) electrons. The van der Waals surface area contributed by atoms with Gasteiger partial charge >= 0.3 is 5.92 Å². The van der Waals surface area contributed by atoms with Crippen LogP contribution in [0.1, 0.15) is 95.3 Å². The minimum atomic E-state index is -3.65. The quantitative estimate of drug-likeness (QED) is 0.166. The Hall–Kier alpha value is -6.84. The number of unbranched alkanes of at least 4 members (excludes halogenated alkanes) is 1. The predicted octanol–water partition coefficient (Wildman–Crippen LogP) is 3.45. The van der Waals surface area contributed by atoms with Crippen molar-refractivity contribution in [3.05, 3.63) is 59.0 Å². The van der Waals surface area contributed by atoms with E-state index >= 15 is 13.2 Å². The van der Waals surface area contributed by atoms with E-state index in [1.54, 1.807) is 23.1 Å². The number of anilines is 5. The molecular formula is C47H54F3N11O8. The number of methoxy groups -OCH3 is 1. The van der Waals surface area contributed by atoms with Crippen LogP contribution >= 0.6 is 0 Å². The standard InChI is InChI=1S/C47H54F3N11O8/c1-56-35-24-51-46(55-40(35)60(28-8-3-4-9-28)26-47(49,50)45(56)68)53-32-23-31(48)30(22-36(32)69-2)41(64)52-27-15-17-59(25-27)38(63)12-5-6-16-57-18-20-58(21-19-57)33-11-7-10-29-39(33)44(67)61(43(29)66)34-13-14-37(62)54-42(34)65/h7,10-11,22-24,27-28,34H,3-6,8-9,12-21,25-26H2,1-2H3,(H,52,64)(H,51,53,55)(H,54,62,65)/t27-,34?/m0/s1. The Morgan fingerprint density at radius 1 is 0.942 bits per heavy atom. The van der Waals surface area contributed by atoms with Gasteiger partial charge in [0.2, 0.25) is 23.7 Å². The van der Waals surface area contributed by atoms with Crippen molar-refractivity contribution in [2.24, 2.45) is 0 Å². The Balaban J connectivity index is 0.738. The van der Waals surface area contributed by atoms with Crippen molar-refractivity contribution in [1.82, 2.24) is 35.3 Å². The number of halogens is 3. The highest BCUT2D eigenvalue weighted by atomic mass is 19.3. The summed E-state index contributed by atoms with van der Waals surface area (Å²) < 4.78 is 51.3. The molecule has 1 aliphatic carbocycles. The third-order valence-corrected chi connectivity index (χ3v) is 14.1. The molecule has 1 saturated carbocycles. The topological polar surface area (TPSA) is 210 Å². The molecule has 19 nitrogen and oxygen atoms in total. The van der Waals surface area contributed by atoms with E-state index in [-0.39, 0.29) is 76.9 Å². The van der Waals surface area contributed by atoms with Gasteiger partial charge in [-0.3, -0.25) is 48.7 Å². The lowest BCUT2D eigenvalue weighted by Gasteiger charge is -2.36. The lowest BCUT2D eigenvalue weighted by molar-refractivity contribution is -0.140. The van der Waals surface area contributed by atoms with Gasteiger partial charge in [0.25, 0.3) is 23.6 Å². The van der Waals surface area contributed by atoms with Crippen molar-refractivity contribution in [1.29, 1.82) is 0 Å². The molecule has 69 heavy (non-hydrogen) atoms. The fraction of sp³-hybridized carbons (Fsp3) is 0.511. The van der Waals surface area contributed by atoms with Gasteiger partial charge in [0, 0.05) is 77.3 Å². The van der Waals surface area contributed by atoms with Crippen LogP contribution in [0.25, 0.3) is 0 Å². The van der Waals surface area contributed by atoms with Gasteiger partial charge in [-0.15, -0.1) is 0 Å². The van der Waals surface area contributed by atoms with E-state index in [1.165, 1.54) is 31.3 Å². The van der Waals surface area contributed by atoms with E-state index in [0.29, 0.717) is 70.5 Å². The molecule has 3 aromatic rings. The fourth-order valence-corrected chi connectivity index (χ4v) is 10.3. The van der Waals surface area contributed by atoms with Gasteiger partial charge in [-0.05, 0) is 63.3 Å². The van der Waals surface area contributed by atoms with E-state index in [4.69, 9.17) is 4.74 Å². The Kier molecular flexibility index (Phi) is 13.2. The smallest absolute Gasteiger partial charge is 0.342 e. The molecule has 6 heterocycles. The zero-order valence-electron chi connectivity index (χ0n) is 38.4. The monoisotopic (exact) mass is 957 g/mol. The van der Waals surface area contributed by atoms with Gasteiger partial charge in [0.05, 0.1) is 47.9 Å². The van der Waals surface area contributed by atoms with E-state index in [9.17, 15) is 33.6 Å². The maximum Gasteiger partial charge on any atom is 0.342 e. The van der Waals surface area contributed by atoms with Gasteiger partial charge in [0.15, 0.2) is 5.82 Å². The summed E-state index contributed by atoms with van der Waals surface area (Å²) in [4.78, 5) is 109. The van der Waals surface area contributed by atoms with Crippen LogP contribution in [0.2, 0.25) is 0 Å². The number of piperidine rings is 1. The molecule has 0 bridgehead atoms. The lowest BCUT2D eigenvalue weighted by Crippen LogP contribution is -2.54. The first-order valence-corrected chi connectivity index (χ1v) is 23.5. The maximum atomic E-state index is 15.7. The second-order valence-corrected chi connectivity index (χ2v) is 18.4. The molecule has 7 amide bonds. The minimum Gasteiger partial charge on any atom is -0.495 e. The fourth-order valence-electron chi connectivity index (χ4n) is 10.3. The summed E-state index contributed by atoms with van der Waals surface area (Å²) in [7, 11) is 2.60. The average molecular weight is 958 g/mol. The first kappa shape index (κ1) is 47.2. The number of nitrogens with zero attached hydrogens (tertiary/aromatic N) is 8. The Morgan fingerprint density at radius 3 is 2.45 bits per heavy atom. The number of piperazine rings is 1. The molecule has 2 aromatic carbocycles. The second-order valence-electron chi connectivity index (χ2n) is 18.4. The van der Waals surface area contributed by atoms with E-state index < -0.39 is 65.8 Å². The number of hydrogen-bond acceptors (Lipinski definition) is 14. The van der Waals surface area contributed by atoms with E-state index in [2.05, 4.69) is 35.7 Å². The molecule has 4 fully saturated rings. The lowest BCUT2D eigenvalue weighted by atomic mass is 10.0. The summed E-state index contributed by atoms with van der Waals surface area (Å²) in [6.45, 7) is 3.24. The number of benzene rings is 2. The number of carbonyl (C=O) groups excluding carboxylic acids is 7. The number of fused-ring (bicyclic) bond motifs is 2. The van der Waals surface area contributed by atoms with Gasteiger partial charge in [-0.1, -0.05) is 18.9 Å². The maximum absolute atomic E-state index is 15.7. The number of nitrogens with one attached hydrogen (secondary N) is 3. The molecule has 1 aromatic heterocycles. The van der Waals surface area contributed by atoms with Gasteiger partial charge in [-0.25, -0.2) is 9.37 Å². The van der Waals surface area contributed by atoms with E-state index in [1.807, 2.05) is 0 Å². The van der Waals surface area contributed by atoms with Crippen LogP contribution in [0.5, 0.6) is 5.75 Å². The van der Waals surface area contributed by atoms with Gasteiger partial charge in [0.1, 0.15) is 23.3 Å². The van der Waals surface area contributed by atoms with Crippen LogP contribution in [0.3, 0.4) is 0 Å². The van der Waals surface area contributed by atoms with Crippen molar-refractivity contribution in [2.75, 3.05) is 86.5 Å². The number of aromatic nitrogens is 2. The summed E-state index contributed by atoms with van der Waals surface area (Å²) in [5.41, 5.74) is 1.07. The molecule has 3 N–H and O–H groups in total. The molecule has 2 atom stereocenters. The largest absolute Gasteiger partial charge is 0.495 e. The second kappa shape index (κ2) is 19.3. The minimum absolute atomic E-state index is 0.0401. The number of rotatable bonds is 13. The normalized spacial score (nSPS) is 21.9. The number of imide groups is 2. The Morgan fingerprint density at radius 2 is 1.71 bits per heavy atom. The van der Waals surface area contributed by atoms with Crippen LogP contribution in [-0.2, 0) is 19.2 Å². The van der Waals surface area contributed by atoms with Gasteiger partial charge < -0.3 is 35.0 Å². The summed E-state index contributed by atoms with van der Waals surface area (Å²) >= 11 is 0. The Bertz CT molecular complexity index is 2590. The van der Waals surface area contributed by atoms with Crippen molar-refractivity contribution in [3.63, 3.8) is 0 Å². The molecule has 0 spiro atoms. The zero-order valence-corrected chi connectivity index (χ0v) is 38.4. The average Bonchev–Trinajstić information content (AvgIpc) is 4.09. The number of ether oxygens (including phenoxy) is 1. The van der Waals surface area contributed by atoms with Crippen molar-refractivity contribution in [2.45, 2.75) is 88.3 Å². The first-order valence-electron chi connectivity index (χ1n) is 23.5.